The smallest absolute Gasteiger partial charge is 0.410 e. The molecule has 1 fully saturated rings. The molecule has 3 N–H and O–H groups in total. The molecule has 1 amide bonds. The Hall–Kier alpha value is -3.47. The molecule has 0 bridgehead atoms. The van der Waals surface area contributed by atoms with Crippen LogP contribution in [0, 0.1) is 0 Å². The van der Waals surface area contributed by atoms with Crippen LogP contribution in [0.2, 0.25) is 0 Å². The Kier molecular flexibility index (Phi) is 5.59. The molecule has 0 aliphatic carbocycles. The molecule has 1 aromatic carbocycles. The maximum Gasteiger partial charge on any atom is 0.410 e. The summed E-state index contributed by atoms with van der Waals surface area (Å²) in [5.41, 5.74) is 8.00. The van der Waals surface area contributed by atoms with Gasteiger partial charge in [0.05, 0.1) is 6.04 Å². The van der Waals surface area contributed by atoms with Gasteiger partial charge in [-0.2, -0.15) is 15.0 Å². The molecule has 1 unspecified atom stereocenters. The second-order valence-corrected chi connectivity index (χ2v) is 8.76. The topological polar surface area (TPSA) is 131 Å². The molecular weight excluding hydrogens is 412 g/mol. The molecule has 11 nitrogen and oxygen atoms in total. The van der Waals surface area contributed by atoms with E-state index in [0.717, 1.165) is 12.1 Å². The van der Waals surface area contributed by atoms with E-state index in [0.29, 0.717) is 18.9 Å². The van der Waals surface area contributed by atoms with Gasteiger partial charge in [0.25, 0.3) is 0 Å². The van der Waals surface area contributed by atoms with Crippen LogP contribution >= 0.6 is 0 Å². The molecule has 0 saturated carbocycles. The zero-order valence-corrected chi connectivity index (χ0v) is 18.6. The first-order valence-electron chi connectivity index (χ1n) is 10.5. The Balaban J connectivity index is 1.72. The van der Waals surface area contributed by atoms with E-state index >= 15 is 0 Å². The van der Waals surface area contributed by atoms with Gasteiger partial charge in [0, 0.05) is 19.3 Å². The third kappa shape index (κ3) is 4.15. The number of carbonyl (C=O) groups excluding carboxylic acids is 1. The van der Waals surface area contributed by atoms with Crippen LogP contribution < -0.4 is 16.1 Å². The minimum Gasteiger partial charge on any atom is -0.444 e. The third-order valence-electron chi connectivity index (χ3n) is 5.31. The molecule has 3 heterocycles. The van der Waals surface area contributed by atoms with Crippen molar-refractivity contribution >= 4 is 30.1 Å². The van der Waals surface area contributed by atoms with Gasteiger partial charge in [-0.1, -0.05) is 18.2 Å². The Labute approximate surface area is 186 Å². The highest BCUT2D eigenvalue weighted by Gasteiger charge is 2.53. The summed E-state index contributed by atoms with van der Waals surface area (Å²) in [5.74, 6) is 0.652. The molecule has 0 spiro atoms. The Morgan fingerprint density at radius 2 is 2.03 bits per heavy atom. The summed E-state index contributed by atoms with van der Waals surface area (Å²) in [4.78, 5) is 39.5. The average Bonchev–Trinajstić information content (AvgIpc) is 3.42. The summed E-state index contributed by atoms with van der Waals surface area (Å²) in [5, 5.41) is 0. The maximum absolute atomic E-state index is 12.9. The number of para-hydroxylation sites is 1. The van der Waals surface area contributed by atoms with E-state index in [1.807, 2.05) is 58.2 Å². The summed E-state index contributed by atoms with van der Waals surface area (Å²) in [7, 11) is 1.84. The SMILES string of the molecule is CN(c1ccccc1)c1nc(N)nc(C2([C@H]3CCCN3C(=O)OC(C)(C)C)N=CON2)n1. The number of nitrogens with zero attached hydrogens (tertiary/aromatic N) is 6. The van der Waals surface area contributed by atoms with Crippen molar-refractivity contribution in [1.29, 1.82) is 0 Å². The number of hydrogen-bond donors (Lipinski definition) is 2. The van der Waals surface area contributed by atoms with Crippen molar-refractivity contribution in [2.45, 2.75) is 50.9 Å². The fraction of sp³-hybridized carbons (Fsp3) is 0.476. The van der Waals surface area contributed by atoms with Crippen LogP contribution in [0.3, 0.4) is 0 Å². The molecule has 0 radical (unpaired) electrons. The molecule has 2 aliphatic heterocycles. The second-order valence-electron chi connectivity index (χ2n) is 8.76. The highest BCUT2D eigenvalue weighted by Crippen LogP contribution is 2.38. The Morgan fingerprint density at radius 3 is 2.69 bits per heavy atom. The Morgan fingerprint density at radius 1 is 1.28 bits per heavy atom. The number of benzene rings is 1. The van der Waals surface area contributed by atoms with Gasteiger partial charge in [-0.25, -0.2) is 9.79 Å². The van der Waals surface area contributed by atoms with Gasteiger partial charge in [0.15, 0.2) is 12.2 Å². The number of aromatic nitrogens is 3. The predicted octanol–water partition coefficient (Wildman–Crippen LogP) is 2.34. The van der Waals surface area contributed by atoms with Crippen LogP contribution in [0.4, 0.5) is 22.4 Å². The van der Waals surface area contributed by atoms with Crippen molar-refractivity contribution < 1.29 is 14.4 Å². The number of rotatable bonds is 4. The van der Waals surface area contributed by atoms with E-state index < -0.39 is 23.4 Å². The zero-order valence-electron chi connectivity index (χ0n) is 18.6. The van der Waals surface area contributed by atoms with Crippen LogP contribution in [0.25, 0.3) is 0 Å². The van der Waals surface area contributed by atoms with Gasteiger partial charge in [-0.15, -0.1) is 5.48 Å². The lowest BCUT2D eigenvalue weighted by Crippen LogP contribution is -2.56. The maximum atomic E-state index is 12.9. The van der Waals surface area contributed by atoms with Crippen LogP contribution in [0.5, 0.6) is 0 Å². The molecule has 11 heteroatoms. The van der Waals surface area contributed by atoms with E-state index in [9.17, 15) is 4.79 Å². The summed E-state index contributed by atoms with van der Waals surface area (Å²) < 4.78 is 5.62. The van der Waals surface area contributed by atoms with Gasteiger partial charge in [-0.3, -0.25) is 0 Å². The van der Waals surface area contributed by atoms with E-state index in [4.69, 9.17) is 15.3 Å². The third-order valence-corrected chi connectivity index (χ3v) is 5.31. The normalized spacial score (nSPS) is 22.6. The molecule has 2 aromatic rings. The van der Waals surface area contributed by atoms with E-state index in [-0.39, 0.29) is 11.8 Å². The van der Waals surface area contributed by atoms with Crippen LogP contribution in [-0.2, 0) is 15.2 Å². The highest BCUT2D eigenvalue weighted by atomic mass is 16.7. The lowest BCUT2D eigenvalue weighted by Gasteiger charge is -2.36. The van der Waals surface area contributed by atoms with E-state index in [1.54, 1.807) is 9.80 Å². The highest BCUT2D eigenvalue weighted by molar-refractivity contribution is 5.69. The van der Waals surface area contributed by atoms with Crippen molar-refractivity contribution in [3.8, 4) is 0 Å². The molecule has 2 aliphatic rings. The van der Waals surface area contributed by atoms with Crippen molar-refractivity contribution in [1.82, 2.24) is 25.3 Å². The van der Waals surface area contributed by atoms with E-state index in [2.05, 4.69) is 25.4 Å². The molecule has 2 atom stereocenters. The molecule has 1 saturated heterocycles. The minimum atomic E-state index is -1.24. The molecule has 4 rings (SSSR count). The van der Waals surface area contributed by atoms with Gasteiger partial charge in [-0.05, 0) is 45.7 Å². The number of nitrogens with two attached hydrogens (primary N) is 1. The number of ether oxygens (including phenoxy) is 1. The van der Waals surface area contributed by atoms with Gasteiger partial charge in [0.2, 0.25) is 17.6 Å². The average molecular weight is 441 g/mol. The summed E-state index contributed by atoms with van der Waals surface area (Å²) in [6, 6.07) is 9.21. The number of nitrogen functional groups attached to an aromatic ring is 1. The number of anilines is 3. The van der Waals surface area contributed by atoms with Gasteiger partial charge < -0.3 is 25.1 Å². The predicted molar refractivity (Wildman–Crippen MR) is 119 cm³/mol. The van der Waals surface area contributed by atoms with Crippen molar-refractivity contribution in [3.63, 3.8) is 0 Å². The van der Waals surface area contributed by atoms with Crippen molar-refractivity contribution in [2.24, 2.45) is 4.99 Å². The van der Waals surface area contributed by atoms with Crippen LogP contribution in [0.1, 0.15) is 39.4 Å². The monoisotopic (exact) mass is 440 g/mol. The summed E-state index contributed by atoms with van der Waals surface area (Å²) >= 11 is 0. The summed E-state index contributed by atoms with van der Waals surface area (Å²) in [6.07, 6.45) is 2.29. The first kappa shape index (κ1) is 21.8. The lowest BCUT2D eigenvalue weighted by atomic mass is 9.98. The number of hydroxylamine groups is 1. The van der Waals surface area contributed by atoms with Crippen LogP contribution in [0.15, 0.2) is 35.3 Å². The minimum absolute atomic E-state index is 0.0397. The second kappa shape index (κ2) is 8.23. The Bertz CT molecular complexity index is 1010. The molecule has 1 aromatic heterocycles. The first-order chi connectivity index (χ1) is 15.2. The van der Waals surface area contributed by atoms with Crippen LogP contribution in [-0.4, -0.2) is 57.6 Å². The standard InChI is InChI=1S/C21H28N8O3/c1-20(2,3)32-19(30)29-12-8-11-15(29)21(23-13-31-27-21)16-24-17(22)26-18(25-16)28(4)14-9-6-5-7-10-14/h5-7,9-10,13,15,27H,8,11-12H2,1-4H3,(H2,22,24,25,26)/t15-,21?/m1/s1. The number of amides is 1. The number of likely N-dealkylation sites (tertiary alicyclic amines) is 1. The number of hydrogen-bond acceptors (Lipinski definition) is 10. The quantitative estimate of drug-likeness (QED) is 0.735. The number of aliphatic imine (C=N–C) groups is 1. The first-order valence-corrected chi connectivity index (χ1v) is 10.5. The van der Waals surface area contributed by atoms with Gasteiger partial charge >= 0.3 is 6.09 Å². The molecule has 32 heavy (non-hydrogen) atoms. The fourth-order valence-electron chi connectivity index (χ4n) is 3.87. The molecule has 170 valence electrons. The van der Waals surface area contributed by atoms with Gasteiger partial charge in [0.1, 0.15) is 5.60 Å². The molecular formula is C21H28N8O3. The van der Waals surface area contributed by atoms with Crippen molar-refractivity contribution in [3.05, 3.63) is 36.2 Å². The van der Waals surface area contributed by atoms with Crippen molar-refractivity contribution in [2.75, 3.05) is 24.2 Å². The number of carbonyl (C=O) groups is 1. The zero-order chi connectivity index (χ0) is 22.9. The largest absolute Gasteiger partial charge is 0.444 e. The number of nitrogens with one attached hydrogen (secondary N) is 1. The fourth-order valence-corrected chi connectivity index (χ4v) is 3.87. The van der Waals surface area contributed by atoms with E-state index in [1.165, 1.54) is 6.40 Å². The lowest BCUT2D eigenvalue weighted by molar-refractivity contribution is 0.0000494. The summed E-state index contributed by atoms with van der Waals surface area (Å²) in [6.45, 7) is 6.02.